The molecule has 1 atom stereocenters. The van der Waals surface area contributed by atoms with Gasteiger partial charge in [0.15, 0.2) is 0 Å². The van der Waals surface area contributed by atoms with Crippen LogP contribution in [0.2, 0.25) is 0 Å². The van der Waals surface area contributed by atoms with E-state index in [1.165, 1.54) is 25.7 Å². The molecule has 0 aliphatic heterocycles. The molecule has 0 radical (unpaired) electrons. The SMILES string of the molecule is OCC(Cc1cscn1)C1CCCC1. The Kier molecular flexibility index (Phi) is 3.54. The lowest BCUT2D eigenvalue weighted by Crippen LogP contribution is -2.18. The first kappa shape index (κ1) is 10.1. The van der Waals surface area contributed by atoms with E-state index >= 15 is 0 Å². The van der Waals surface area contributed by atoms with Crippen molar-refractivity contribution in [3.05, 3.63) is 16.6 Å². The van der Waals surface area contributed by atoms with Gasteiger partial charge in [-0.1, -0.05) is 25.7 Å². The van der Waals surface area contributed by atoms with Crippen LogP contribution in [0, 0.1) is 11.8 Å². The van der Waals surface area contributed by atoms with E-state index < -0.39 is 0 Å². The van der Waals surface area contributed by atoms with Crippen LogP contribution in [0.15, 0.2) is 10.9 Å². The molecule has 1 aliphatic carbocycles. The largest absolute Gasteiger partial charge is 0.396 e. The second-order valence-corrected chi connectivity index (χ2v) is 4.89. The Morgan fingerprint density at radius 1 is 1.50 bits per heavy atom. The Bertz CT molecular complexity index is 254. The first-order chi connectivity index (χ1) is 6.90. The minimum Gasteiger partial charge on any atom is -0.396 e. The molecule has 1 aromatic heterocycles. The van der Waals surface area contributed by atoms with Crippen molar-refractivity contribution in [3.63, 3.8) is 0 Å². The summed E-state index contributed by atoms with van der Waals surface area (Å²) in [6.07, 6.45) is 6.26. The van der Waals surface area contributed by atoms with Gasteiger partial charge in [-0.15, -0.1) is 11.3 Å². The fraction of sp³-hybridized carbons (Fsp3) is 0.727. The molecule has 0 saturated heterocycles. The van der Waals surface area contributed by atoms with E-state index in [2.05, 4.69) is 10.4 Å². The van der Waals surface area contributed by atoms with Gasteiger partial charge in [0.1, 0.15) is 0 Å². The quantitative estimate of drug-likeness (QED) is 0.830. The second-order valence-electron chi connectivity index (χ2n) is 4.17. The number of hydrogen-bond acceptors (Lipinski definition) is 3. The van der Waals surface area contributed by atoms with Crippen molar-refractivity contribution in [2.75, 3.05) is 6.61 Å². The molecule has 2 nitrogen and oxygen atoms in total. The summed E-state index contributed by atoms with van der Waals surface area (Å²) in [7, 11) is 0. The molecular weight excluding hydrogens is 194 g/mol. The number of aromatic nitrogens is 1. The van der Waals surface area contributed by atoms with E-state index in [-0.39, 0.29) is 0 Å². The first-order valence-electron chi connectivity index (χ1n) is 5.38. The standard InChI is InChI=1S/C11H17NOS/c13-6-10(9-3-1-2-4-9)5-11-7-14-8-12-11/h7-10,13H,1-6H2. The smallest absolute Gasteiger partial charge is 0.0794 e. The molecular formula is C11H17NOS. The molecule has 1 saturated carbocycles. The van der Waals surface area contributed by atoms with E-state index in [9.17, 15) is 5.11 Å². The number of thiazole rings is 1. The normalized spacial score (nSPS) is 20.1. The van der Waals surface area contributed by atoms with Crippen LogP contribution in [-0.4, -0.2) is 16.7 Å². The summed E-state index contributed by atoms with van der Waals surface area (Å²) >= 11 is 1.64. The van der Waals surface area contributed by atoms with Gasteiger partial charge in [-0.2, -0.15) is 0 Å². The molecule has 0 spiro atoms. The second kappa shape index (κ2) is 4.89. The van der Waals surface area contributed by atoms with Crippen LogP contribution in [0.5, 0.6) is 0 Å². The van der Waals surface area contributed by atoms with Crippen molar-refractivity contribution in [1.82, 2.24) is 4.98 Å². The summed E-state index contributed by atoms with van der Waals surface area (Å²) in [5.41, 5.74) is 3.03. The summed E-state index contributed by atoms with van der Waals surface area (Å²) in [6.45, 7) is 0.322. The van der Waals surface area contributed by atoms with Crippen molar-refractivity contribution < 1.29 is 5.11 Å². The van der Waals surface area contributed by atoms with Gasteiger partial charge in [-0.25, -0.2) is 4.98 Å². The number of aliphatic hydroxyl groups excluding tert-OH is 1. The lowest BCUT2D eigenvalue weighted by molar-refractivity contribution is 0.175. The lowest BCUT2D eigenvalue weighted by atomic mass is 9.88. The fourth-order valence-corrected chi connectivity index (χ4v) is 2.99. The third kappa shape index (κ3) is 2.34. The average Bonchev–Trinajstić information content (AvgIpc) is 2.86. The van der Waals surface area contributed by atoms with Crippen molar-refractivity contribution in [3.8, 4) is 0 Å². The number of aliphatic hydroxyl groups is 1. The highest BCUT2D eigenvalue weighted by molar-refractivity contribution is 7.07. The molecule has 0 bridgehead atoms. The minimum atomic E-state index is 0.322. The van der Waals surface area contributed by atoms with Gasteiger partial charge in [0, 0.05) is 12.0 Å². The van der Waals surface area contributed by atoms with E-state index in [1.54, 1.807) is 11.3 Å². The van der Waals surface area contributed by atoms with Gasteiger partial charge in [-0.3, -0.25) is 0 Å². The maximum atomic E-state index is 9.36. The molecule has 1 aliphatic rings. The minimum absolute atomic E-state index is 0.322. The van der Waals surface area contributed by atoms with Gasteiger partial charge in [-0.05, 0) is 18.3 Å². The van der Waals surface area contributed by atoms with Crippen molar-refractivity contribution in [2.24, 2.45) is 11.8 Å². The zero-order valence-corrected chi connectivity index (χ0v) is 9.17. The number of nitrogens with zero attached hydrogens (tertiary/aromatic N) is 1. The van der Waals surface area contributed by atoms with Crippen LogP contribution in [0.25, 0.3) is 0 Å². The van der Waals surface area contributed by atoms with E-state index in [4.69, 9.17) is 0 Å². The molecule has 0 amide bonds. The van der Waals surface area contributed by atoms with Gasteiger partial charge in [0.2, 0.25) is 0 Å². The Morgan fingerprint density at radius 3 is 2.86 bits per heavy atom. The molecule has 14 heavy (non-hydrogen) atoms. The van der Waals surface area contributed by atoms with Crippen LogP contribution in [0.3, 0.4) is 0 Å². The predicted octanol–water partition coefficient (Wildman–Crippen LogP) is 2.48. The third-order valence-electron chi connectivity index (χ3n) is 3.26. The Balaban J connectivity index is 1.92. The van der Waals surface area contributed by atoms with Crippen molar-refractivity contribution >= 4 is 11.3 Å². The summed E-state index contributed by atoms with van der Waals surface area (Å²) < 4.78 is 0. The molecule has 78 valence electrons. The number of rotatable bonds is 4. The lowest BCUT2D eigenvalue weighted by Gasteiger charge is -2.19. The molecule has 2 rings (SSSR count). The van der Waals surface area contributed by atoms with Gasteiger partial charge >= 0.3 is 0 Å². The van der Waals surface area contributed by atoms with Gasteiger partial charge in [0.05, 0.1) is 11.2 Å². The molecule has 3 heteroatoms. The molecule has 1 N–H and O–H groups in total. The zero-order chi connectivity index (χ0) is 9.80. The monoisotopic (exact) mass is 211 g/mol. The highest BCUT2D eigenvalue weighted by Crippen LogP contribution is 2.32. The van der Waals surface area contributed by atoms with Crippen LogP contribution in [-0.2, 0) is 6.42 Å². The number of hydrogen-bond donors (Lipinski definition) is 1. The van der Waals surface area contributed by atoms with E-state index in [0.29, 0.717) is 12.5 Å². The molecule has 1 fully saturated rings. The van der Waals surface area contributed by atoms with Crippen molar-refractivity contribution in [1.29, 1.82) is 0 Å². The molecule has 1 heterocycles. The van der Waals surface area contributed by atoms with Gasteiger partial charge in [0.25, 0.3) is 0 Å². The Hall–Kier alpha value is -0.410. The van der Waals surface area contributed by atoms with E-state index in [0.717, 1.165) is 18.0 Å². The summed E-state index contributed by atoms with van der Waals surface area (Å²) in [5, 5.41) is 11.5. The summed E-state index contributed by atoms with van der Waals surface area (Å²) in [6, 6.07) is 0. The first-order valence-corrected chi connectivity index (χ1v) is 6.32. The highest BCUT2D eigenvalue weighted by atomic mass is 32.1. The predicted molar refractivity (Wildman–Crippen MR) is 58.4 cm³/mol. The third-order valence-corrected chi connectivity index (χ3v) is 3.89. The highest BCUT2D eigenvalue weighted by Gasteiger charge is 2.24. The average molecular weight is 211 g/mol. The fourth-order valence-electron chi connectivity index (χ4n) is 2.42. The summed E-state index contributed by atoms with van der Waals surface area (Å²) in [5.74, 6) is 1.18. The van der Waals surface area contributed by atoms with Crippen LogP contribution in [0.1, 0.15) is 31.4 Å². The van der Waals surface area contributed by atoms with E-state index in [1.807, 2.05) is 5.51 Å². The van der Waals surface area contributed by atoms with Crippen LogP contribution < -0.4 is 0 Å². The summed E-state index contributed by atoms with van der Waals surface area (Å²) in [4.78, 5) is 4.28. The van der Waals surface area contributed by atoms with Gasteiger partial charge < -0.3 is 5.11 Å². The maximum absolute atomic E-state index is 9.36. The molecule has 1 aromatic rings. The van der Waals surface area contributed by atoms with Crippen LogP contribution >= 0.6 is 11.3 Å². The topological polar surface area (TPSA) is 33.1 Å². The van der Waals surface area contributed by atoms with Crippen LogP contribution in [0.4, 0.5) is 0 Å². The molecule has 0 aromatic carbocycles. The molecule has 1 unspecified atom stereocenters. The Labute approximate surface area is 89.0 Å². The zero-order valence-electron chi connectivity index (χ0n) is 8.35. The Morgan fingerprint density at radius 2 is 2.29 bits per heavy atom. The maximum Gasteiger partial charge on any atom is 0.0794 e. The van der Waals surface area contributed by atoms with Crippen molar-refractivity contribution in [2.45, 2.75) is 32.1 Å².